The molecule has 8 heteroatoms. The van der Waals surface area contributed by atoms with Crippen molar-refractivity contribution in [3.63, 3.8) is 0 Å². The van der Waals surface area contributed by atoms with Crippen LogP contribution >= 0.6 is 0 Å². The lowest BCUT2D eigenvalue weighted by molar-refractivity contribution is 0.0987. The maximum atomic E-state index is 11.6. The molecule has 0 unspecified atom stereocenters. The molecule has 1 aliphatic rings. The van der Waals surface area contributed by atoms with E-state index in [1.165, 1.54) is 0 Å². The molecule has 0 saturated carbocycles. The van der Waals surface area contributed by atoms with Crippen LogP contribution in [0.2, 0.25) is 0 Å². The van der Waals surface area contributed by atoms with Gasteiger partial charge in [-0.15, -0.1) is 0 Å². The molecule has 1 saturated heterocycles. The van der Waals surface area contributed by atoms with Crippen LogP contribution < -0.4 is 5.32 Å². The van der Waals surface area contributed by atoms with Crippen molar-refractivity contribution in [2.45, 2.75) is 19.9 Å². The first kappa shape index (κ1) is 16.0. The molecule has 0 spiro atoms. The summed E-state index contributed by atoms with van der Waals surface area (Å²) in [5, 5.41) is 7.39. The molecular formula is C16H19N5O3. The number of amides is 1. The van der Waals surface area contributed by atoms with E-state index in [4.69, 9.17) is 4.74 Å². The predicted molar refractivity (Wildman–Crippen MR) is 87.3 cm³/mol. The molecule has 2 aromatic heterocycles. The normalized spacial score (nSPS) is 13.9. The van der Waals surface area contributed by atoms with E-state index in [9.17, 15) is 9.59 Å². The summed E-state index contributed by atoms with van der Waals surface area (Å²) >= 11 is 0. The number of hydrogen-bond acceptors (Lipinski definition) is 6. The fourth-order valence-corrected chi connectivity index (χ4v) is 2.39. The summed E-state index contributed by atoms with van der Waals surface area (Å²) in [4.78, 5) is 28.8. The van der Waals surface area contributed by atoms with Gasteiger partial charge in [0.1, 0.15) is 12.4 Å². The first-order chi connectivity index (χ1) is 11.7. The van der Waals surface area contributed by atoms with Gasteiger partial charge in [-0.3, -0.25) is 9.48 Å². The Hall–Kier alpha value is -2.90. The van der Waals surface area contributed by atoms with Gasteiger partial charge in [-0.25, -0.2) is 9.78 Å². The van der Waals surface area contributed by atoms with Crippen LogP contribution in [0.1, 0.15) is 23.7 Å². The second-order valence-corrected chi connectivity index (χ2v) is 5.43. The third kappa shape index (κ3) is 3.70. The summed E-state index contributed by atoms with van der Waals surface area (Å²) in [5.41, 5.74) is 1.40. The smallest absolute Gasteiger partial charge is 0.410 e. The van der Waals surface area contributed by atoms with Crippen molar-refractivity contribution in [1.82, 2.24) is 19.7 Å². The van der Waals surface area contributed by atoms with Gasteiger partial charge in [-0.1, -0.05) is 6.92 Å². The van der Waals surface area contributed by atoms with E-state index in [1.54, 1.807) is 34.1 Å². The van der Waals surface area contributed by atoms with E-state index < -0.39 is 0 Å². The Morgan fingerprint density at radius 3 is 2.88 bits per heavy atom. The summed E-state index contributed by atoms with van der Waals surface area (Å²) in [7, 11) is 0. The number of rotatable bonds is 7. The standard InChI is InChI=1S/C16H19N5O3/c1-2-14(22)12-3-4-15(17-9-12)19-13-10-18-21(11-13)6-5-20-7-8-24-16(20)23/h3-4,9-11H,2,5-8H2,1H3,(H,17,19). The molecule has 0 radical (unpaired) electrons. The molecule has 1 aliphatic heterocycles. The first-order valence-corrected chi connectivity index (χ1v) is 7.86. The number of carbonyl (C=O) groups excluding carboxylic acids is 2. The number of aromatic nitrogens is 3. The Labute approximate surface area is 139 Å². The summed E-state index contributed by atoms with van der Waals surface area (Å²) in [6.45, 7) is 4.05. The second-order valence-electron chi connectivity index (χ2n) is 5.43. The van der Waals surface area contributed by atoms with Gasteiger partial charge in [0.15, 0.2) is 5.78 Å². The summed E-state index contributed by atoms with van der Waals surface area (Å²) in [5.74, 6) is 0.715. The monoisotopic (exact) mass is 329 g/mol. The Morgan fingerprint density at radius 1 is 1.33 bits per heavy atom. The van der Waals surface area contributed by atoms with Crippen LogP contribution in [0.3, 0.4) is 0 Å². The maximum Gasteiger partial charge on any atom is 0.410 e. The van der Waals surface area contributed by atoms with Gasteiger partial charge in [0.2, 0.25) is 0 Å². The van der Waals surface area contributed by atoms with Gasteiger partial charge in [-0.05, 0) is 12.1 Å². The lowest BCUT2D eigenvalue weighted by atomic mass is 10.1. The number of ether oxygens (including phenoxy) is 1. The highest BCUT2D eigenvalue weighted by molar-refractivity contribution is 5.95. The van der Waals surface area contributed by atoms with Crippen LogP contribution in [0, 0.1) is 0 Å². The minimum absolute atomic E-state index is 0.0716. The molecule has 0 aliphatic carbocycles. The lowest BCUT2D eigenvalue weighted by Crippen LogP contribution is -2.28. The largest absolute Gasteiger partial charge is 0.448 e. The molecule has 0 aromatic carbocycles. The van der Waals surface area contributed by atoms with E-state index in [1.807, 2.05) is 13.1 Å². The molecule has 3 heterocycles. The number of ketones is 1. The van der Waals surface area contributed by atoms with Gasteiger partial charge < -0.3 is 15.0 Å². The molecule has 1 N–H and O–H groups in total. The SMILES string of the molecule is CCC(=O)c1ccc(Nc2cnn(CCN3CCOC3=O)c2)nc1. The average Bonchev–Trinajstić information content (AvgIpc) is 3.21. The summed E-state index contributed by atoms with van der Waals surface area (Å²) in [6.07, 6.45) is 5.29. The van der Waals surface area contributed by atoms with Crippen LogP contribution in [0.15, 0.2) is 30.7 Å². The zero-order valence-electron chi connectivity index (χ0n) is 13.4. The van der Waals surface area contributed by atoms with Crippen LogP contribution in [-0.2, 0) is 11.3 Å². The van der Waals surface area contributed by atoms with Crippen molar-refractivity contribution in [3.8, 4) is 0 Å². The zero-order chi connectivity index (χ0) is 16.9. The van der Waals surface area contributed by atoms with Gasteiger partial charge in [0.05, 0.1) is 25.0 Å². The van der Waals surface area contributed by atoms with Crippen LogP contribution in [0.4, 0.5) is 16.3 Å². The number of anilines is 2. The van der Waals surface area contributed by atoms with Crippen molar-refractivity contribution in [2.24, 2.45) is 0 Å². The summed E-state index contributed by atoms with van der Waals surface area (Å²) in [6, 6.07) is 3.52. The third-order valence-electron chi connectivity index (χ3n) is 3.76. The van der Waals surface area contributed by atoms with Gasteiger partial charge in [0, 0.05) is 30.9 Å². The maximum absolute atomic E-state index is 11.6. The molecule has 24 heavy (non-hydrogen) atoms. The van der Waals surface area contributed by atoms with Gasteiger partial charge in [0.25, 0.3) is 0 Å². The second kappa shape index (κ2) is 7.12. The number of nitrogens with zero attached hydrogens (tertiary/aromatic N) is 4. The molecule has 2 aromatic rings. The Kier molecular flexibility index (Phi) is 4.74. The molecule has 8 nitrogen and oxygen atoms in total. The van der Waals surface area contributed by atoms with Crippen LogP contribution in [0.25, 0.3) is 0 Å². The number of pyridine rings is 1. The minimum Gasteiger partial charge on any atom is -0.448 e. The fourth-order valence-electron chi connectivity index (χ4n) is 2.39. The first-order valence-electron chi connectivity index (χ1n) is 7.86. The topological polar surface area (TPSA) is 89.4 Å². The highest BCUT2D eigenvalue weighted by Gasteiger charge is 2.21. The highest BCUT2D eigenvalue weighted by atomic mass is 16.6. The molecular weight excluding hydrogens is 310 g/mol. The molecule has 0 bridgehead atoms. The summed E-state index contributed by atoms with van der Waals surface area (Å²) < 4.78 is 6.64. The van der Waals surface area contributed by atoms with Crippen molar-refractivity contribution < 1.29 is 14.3 Å². The molecule has 1 fully saturated rings. The van der Waals surface area contributed by atoms with E-state index in [0.717, 1.165) is 5.69 Å². The number of cyclic esters (lactones) is 1. The van der Waals surface area contributed by atoms with Crippen molar-refractivity contribution in [2.75, 3.05) is 25.0 Å². The van der Waals surface area contributed by atoms with Crippen LogP contribution in [-0.4, -0.2) is 51.2 Å². The average molecular weight is 329 g/mol. The Morgan fingerprint density at radius 2 is 2.21 bits per heavy atom. The quantitative estimate of drug-likeness (QED) is 0.782. The third-order valence-corrected chi connectivity index (χ3v) is 3.76. The van der Waals surface area contributed by atoms with E-state index in [-0.39, 0.29) is 11.9 Å². The minimum atomic E-state index is -0.272. The predicted octanol–water partition coefficient (Wildman–Crippen LogP) is 2.07. The molecule has 3 rings (SSSR count). The Bertz CT molecular complexity index is 726. The van der Waals surface area contributed by atoms with Gasteiger partial charge in [-0.2, -0.15) is 5.10 Å². The van der Waals surface area contributed by atoms with Crippen molar-refractivity contribution >= 4 is 23.4 Å². The number of nitrogens with one attached hydrogen (secondary N) is 1. The van der Waals surface area contributed by atoms with Crippen LogP contribution in [0.5, 0.6) is 0 Å². The number of carbonyl (C=O) groups is 2. The van der Waals surface area contributed by atoms with Crippen molar-refractivity contribution in [3.05, 3.63) is 36.3 Å². The number of Topliss-reactive ketones (excluding diaryl/α,β-unsaturated/α-hetero) is 1. The zero-order valence-corrected chi connectivity index (χ0v) is 13.4. The molecule has 126 valence electrons. The van der Waals surface area contributed by atoms with E-state index >= 15 is 0 Å². The lowest BCUT2D eigenvalue weighted by Gasteiger charge is -2.11. The van der Waals surface area contributed by atoms with E-state index in [0.29, 0.717) is 44.0 Å². The van der Waals surface area contributed by atoms with Crippen molar-refractivity contribution in [1.29, 1.82) is 0 Å². The molecule has 0 atom stereocenters. The van der Waals surface area contributed by atoms with Gasteiger partial charge >= 0.3 is 6.09 Å². The van der Waals surface area contributed by atoms with E-state index in [2.05, 4.69) is 15.4 Å². The highest BCUT2D eigenvalue weighted by Crippen LogP contribution is 2.14. The molecule has 1 amide bonds. The Balaban J connectivity index is 1.55. The fraction of sp³-hybridized carbons (Fsp3) is 0.375. The number of hydrogen-bond donors (Lipinski definition) is 1.